The third-order valence-corrected chi connectivity index (χ3v) is 5.79. The molecule has 3 heterocycles. The lowest BCUT2D eigenvalue weighted by atomic mass is 10.1. The van der Waals surface area contributed by atoms with Crippen LogP contribution in [0.5, 0.6) is 0 Å². The number of nitrogens with zero attached hydrogens (tertiary/aromatic N) is 4. The van der Waals surface area contributed by atoms with Crippen molar-refractivity contribution in [3.8, 4) is 0 Å². The summed E-state index contributed by atoms with van der Waals surface area (Å²) < 4.78 is 8.80. The van der Waals surface area contributed by atoms with E-state index < -0.39 is 0 Å². The van der Waals surface area contributed by atoms with Gasteiger partial charge in [0.2, 0.25) is 5.95 Å². The molecule has 2 aromatic heterocycles. The number of rotatable bonds is 6. The van der Waals surface area contributed by atoms with Gasteiger partial charge in [-0.1, -0.05) is 13.8 Å². The Morgan fingerprint density at radius 2 is 2.03 bits per heavy atom. The average molecular weight is 439 g/mol. The molecule has 1 aromatic carbocycles. The zero-order chi connectivity index (χ0) is 22.8. The molecule has 170 valence electrons. The van der Waals surface area contributed by atoms with E-state index >= 15 is 0 Å². The highest BCUT2D eigenvalue weighted by Crippen LogP contribution is 2.25. The molecule has 1 aliphatic heterocycles. The minimum Gasteiger partial charge on any atom is -0.381 e. The second-order valence-electron chi connectivity index (χ2n) is 8.72. The molecule has 0 saturated carbocycles. The van der Waals surface area contributed by atoms with Gasteiger partial charge in [-0.2, -0.15) is 4.98 Å². The van der Waals surface area contributed by atoms with Gasteiger partial charge in [-0.15, -0.1) is 0 Å². The SMILES string of the molecule is Cc1cc(C(=O)NCC(C)C)ccc1Nc1ncc2c(n1)n(C1CCOCC1)c(=O)n2C. The number of fused-ring (bicyclic) bond motifs is 1. The van der Waals surface area contributed by atoms with E-state index in [1.54, 1.807) is 28.4 Å². The number of hydrogen-bond donors (Lipinski definition) is 2. The second kappa shape index (κ2) is 9.12. The minimum atomic E-state index is -0.0914. The number of benzene rings is 1. The highest BCUT2D eigenvalue weighted by Gasteiger charge is 2.23. The summed E-state index contributed by atoms with van der Waals surface area (Å²) in [4.78, 5) is 34.3. The lowest BCUT2D eigenvalue weighted by molar-refractivity contribution is 0.0695. The van der Waals surface area contributed by atoms with E-state index in [1.165, 1.54) is 0 Å². The molecule has 0 atom stereocenters. The number of carbonyl (C=O) groups excluding carboxylic acids is 1. The molecule has 0 aliphatic carbocycles. The van der Waals surface area contributed by atoms with Crippen LogP contribution in [0, 0.1) is 12.8 Å². The highest BCUT2D eigenvalue weighted by molar-refractivity contribution is 5.95. The maximum atomic E-state index is 12.9. The topological polar surface area (TPSA) is 103 Å². The summed E-state index contributed by atoms with van der Waals surface area (Å²) in [5, 5.41) is 6.17. The summed E-state index contributed by atoms with van der Waals surface area (Å²) in [6.07, 6.45) is 3.24. The molecular formula is C23H30N6O3. The van der Waals surface area contributed by atoms with E-state index in [1.807, 2.05) is 19.1 Å². The fraction of sp³-hybridized carbons (Fsp3) is 0.478. The van der Waals surface area contributed by atoms with Crippen LogP contribution in [0.3, 0.4) is 0 Å². The van der Waals surface area contributed by atoms with Crippen molar-refractivity contribution in [2.45, 2.75) is 39.7 Å². The van der Waals surface area contributed by atoms with Crippen LogP contribution < -0.4 is 16.3 Å². The zero-order valence-electron chi connectivity index (χ0n) is 19.0. The molecule has 9 heteroatoms. The number of hydrogen-bond acceptors (Lipinski definition) is 6. The fourth-order valence-corrected chi connectivity index (χ4v) is 3.93. The Kier molecular flexibility index (Phi) is 6.27. The predicted molar refractivity (Wildman–Crippen MR) is 123 cm³/mol. The van der Waals surface area contributed by atoms with Crippen molar-refractivity contribution in [2.75, 3.05) is 25.1 Å². The molecule has 1 aliphatic rings. The maximum Gasteiger partial charge on any atom is 0.330 e. The van der Waals surface area contributed by atoms with Gasteiger partial charge in [0.15, 0.2) is 5.65 Å². The van der Waals surface area contributed by atoms with Crippen LogP contribution in [0.1, 0.15) is 48.7 Å². The van der Waals surface area contributed by atoms with Crippen LogP contribution in [0.15, 0.2) is 29.2 Å². The first kappa shape index (κ1) is 22.0. The predicted octanol–water partition coefficient (Wildman–Crippen LogP) is 2.92. The molecule has 0 spiro atoms. The van der Waals surface area contributed by atoms with Crippen molar-refractivity contribution < 1.29 is 9.53 Å². The van der Waals surface area contributed by atoms with Gasteiger partial charge in [0, 0.05) is 44.1 Å². The molecule has 32 heavy (non-hydrogen) atoms. The zero-order valence-corrected chi connectivity index (χ0v) is 19.0. The number of aromatic nitrogens is 4. The second-order valence-corrected chi connectivity index (χ2v) is 8.72. The van der Waals surface area contributed by atoms with Crippen LogP contribution >= 0.6 is 0 Å². The number of ether oxygens (including phenoxy) is 1. The third kappa shape index (κ3) is 4.38. The smallest absolute Gasteiger partial charge is 0.330 e. The van der Waals surface area contributed by atoms with Crippen molar-refractivity contribution in [3.63, 3.8) is 0 Å². The van der Waals surface area contributed by atoms with Gasteiger partial charge in [0.05, 0.1) is 6.20 Å². The van der Waals surface area contributed by atoms with Gasteiger partial charge >= 0.3 is 5.69 Å². The van der Waals surface area contributed by atoms with E-state index in [2.05, 4.69) is 34.4 Å². The lowest BCUT2D eigenvalue weighted by Crippen LogP contribution is -2.30. The minimum absolute atomic E-state index is 0.0630. The standard InChI is InChI=1S/C23H30N6O3/c1-14(2)12-24-21(30)16-5-6-18(15(3)11-16)26-22-25-13-19-20(27-22)29(23(31)28(19)4)17-7-9-32-10-8-17/h5-6,11,13-14,17H,7-10,12H2,1-4H3,(H,24,30)(H,25,26,27). The first-order valence-corrected chi connectivity index (χ1v) is 11.0. The first-order valence-electron chi connectivity index (χ1n) is 11.0. The Hall–Kier alpha value is -3.20. The van der Waals surface area contributed by atoms with E-state index in [4.69, 9.17) is 4.74 Å². The molecule has 3 aromatic rings. The molecule has 1 saturated heterocycles. The number of anilines is 2. The van der Waals surface area contributed by atoms with Gasteiger partial charge < -0.3 is 15.4 Å². The number of amides is 1. The summed E-state index contributed by atoms with van der Waals surface area (Å²) in [7, 11) is 1.74. The van der Waals surface area contributed by atoms with Crippen molar-refractivity contribution in [2.24, 2.45) is 13.0 Å². The summed E-state index contributed by atoms with van der Waals surface area (Å²) in [6, 6.07) is 5.54. The highest BCUT2D eigenvalue weighted by atomic mass is 16.5. The Morgan fingerprint density at radius 3 is 2.72 bits per heavy atom. The quantitative estimate of drug-likeness (QED) is 0.613. The van der Waals surface area contributed by atoms with E-state index in [0.29, 0.717) is 48.4 Å². The molecule has 0 bridgehead atoms. The van der Waals surface area contributed by atoms with Crippen molar-refractivity contribution in [3.05, 3.63) is 46.0 Å². The van der Waals surface area contributed by atoms with E-state index in [9.17, 15) is 9.59 Å². The molecule has 1 fully saturated rings. The van der Waals surface area contributed by atoms with Gasteiger partial charge in [-0.25, -0.2) is 9.78 Å². The van der Waals surface area contributed by atoms with Crippen LogP contribution in [0.4, 0.5) is 11.6 Å². The molecule has 2 N–H and O–H groups in total. The summed E-state index contributed by atoms with van der Waals surface area (Å²) in [6.45, 7) is 7.96. The number of nitrogens with one attached hydrogen (secondary N) is 2. The Labute approximate surface area is 186 Å². The summed E-state index contributed by atoms with van der Waals surface area (Å²) in [5.74, 6) is 0.712. The van der Waals surface area contributed by atoms with Crippen LogP contribution in [-0.2, 0) is 11.8 Å². The summed E-state index contributed by atoms with van der Waals surface area (Å²) in [5.41, 5.74) is 3.54. The Bertz CT molecular complexity index is 1190. The summed E-state index contributed by atoms with van der Waals surface area (Å²) >= 11 is 0. The van der Waals surface area contributed by atoms with Crippen LogP contribution in [-0.4, -0.2) is 44.8 Å². The van der Waals surface area contributed by atoms with Crippen LogP contribution in [0.2, 0.25) is 0 Å². The number of aryl methyl sites for hydroxylation is 2. The Morgan fingerprint density at radius 1 is 1.28 bits per heavy atom. The molecule has 9 nitrogen and oxygen atoms in total. The molecule has 1 amide bonds. The van der Waals surface area contributed by atoms with Crippen LogP contribution in [0.25, 0.3) is 11.2 Å². The average Bonchev–Trinajstić information content (AvgIpc) is 3.03. The van der Waals surface area contributed by atoms with Gasteiger partial charge in [0.25, 0.3) is 5.91 Å². The largest absolute Gasteiger partial charge is 0.381 e. The molecule has 0 unspecified atom stereocenters. The van der Waals surface area contributed by atoms with E-state index in [0.717, 1.165) is 24.1 Å². The lowest BCUT2D eigenvalue weighted by Gasteiger charge is -2.22. The monoisotopic (exact) mass is 438 g/mol. The Balaban J connectivity index is 1.60. The number of carbonyl (C=O) groups is 1. The number of imidazole rings is 1. The maximum absolute atomic E-state index is 12.9. The van der Waals surface area contributed by atoms with Gasteiger partial charge in [-0.05, 0) is 49.4 Å². The third-order valence-electron chi connectivity index (χ3n) is 5.79. The fourth-order valence-electron chi connectivity index (χ4n) is 3.93. The van der Waals surface area contributed by atoms with Crippen molar-refractivity contribution >= 4 is 28.7 Å². The normalized spacial score (nSPS) is 14.8. The van der Waals surface area contributed by atoms with E-state index in [-0.39, 0.29) is 17.6 Å². The molecule has 4 rings (SSSR count). The van der Waals surface area contributed by atoms with Gasteiger partial charge in [-0.3, -0.25) is 13.9 Å². The van der Waals surface area contributed by atoms with Gasteiger partial charge in [0.1, 0.15) is 5.52 Å². The van der Waals surface area contributed by atoms with Crippen molar-refractivity contribution in [1.82, 2.24) is 24.4 Å². The van der Waals surface area contributed by atoms with Crippen molar-refractivity contribution in [1.29, 1.82) is 0 Å². The first-order chi connectivity index (χ1) is 15.3. The molecular weight excluding hydrogens is 408 g/mol. The molecule has 0 radical (unpaired) electrons.